The molecule has 0 aromatic rings. The van der Waals surface area contributed by atoms with E-state index >= 15 is 0 Å². The molecule has 0 amide bonds. The van der Waals surface area contributed by atoms with E-state index in [4.69, 9.17) is 14.2 Å². The Morgan fingerprint density at radius 3 is 1.11 bits per heavy atom. The zero-order chi connectivity index (χ0) is 40.1. The van der Waals surface area contributed by atoms with Crippen LogP contribution >= 0.6 is 0 Å². The van der Waals surface area contributed by atoms with E-state index in [-0.39, 0.29) is 31.1 Å². The Bertz CT molecular complexity index is 1020. The molecule has 0 saturated heterocycles. The fourth-order valence-corrected chi connectivity index (χ4v) is 6.11. The van der Waals surface area contributed by atoms with Crippen LogP contribution in [0.2, 0.25) is 0 Å². The van der Waals surface area contributed by atoms with Crippen molar-refractivity contribution in [3.05, 3.63) is 60.8 Å². The van der Waals surface area contributed by atoms with Gasteiger partial charge in [0, 0.05) is 19.3 Å². The maximum atomic E-state index is 12.4. The Labute approximate surface area is 339 Å². The number of hydrogen-bond donors (Lipinski definition) is 0. The number of allylic oxidation sites excluding steroid dienone is 10. The zero-order valence-electron chi connectivity index (χ0n) is 35.9. The average Bonchev–Trinajstić information content (AvgIpc) is 3.18. The first kappa shape index (κ1) is 52.1. The fourth-order valence-electron chi connectivity index (χ4n) is 6.11. The molecule has 0 rings (SSSR count). The van der Waals surface area contributed by atoms with Gasteiger partial charge < -0.3 is 14.2 Å². The van der Waals surface area contributed by atoms with Crippen LogP contribution in [0.15, 0.2) is 60.8 Å². The number of unbranched alkanes of at least 4 members (excludes halogenated alkanes) is 19. The summed E-state index contributed by atoms with van der Waals surface area (Å²) < 4.78 is 16.4. The predicted molar refractivity (Wildman–Crippen MR) is 233 cm³/mol. The summed E-state index contributed by atoms with van der Waals surface area (Å²) in [4.78, 5) is 37.1. The van der Waals surface area contributed by atoms with Crippen molar-refractivity contribution in [1.29, 1.82) is 0 Å². The first-order valence-electron chi connectivity index (χ1n) is 22.8. The topological polar surface area (TPSA) is 78.9 Å². The second kappa shape index (κ2) is 43.8. The molecule has 0 aromatic heterocycles. The lowest BCUT2D eigenvalue weighted by atomic mass is 10.0. The minimum atomic E-state index is -0.764. The van der Waals surface area contributed by atoms with Crippen molar-refractivity contribution in [2.24, 2.45) is 0 Å². The minimum Gasteiger partial charge on any atom is -0.462 e. The fraction of sp³-hybridized carbons (Fsp3) is 0.735. The van der Waals surface area contributed by atoms with Gasteiger partial charge in [-0.1, -0.05) is 191 Å². The van der Waals surface area contributed by atoms with Crippen molar-refractivity contribution >= 4 is 17.9 Å². The molecule has 0 saturated carbocycles. The predicted octanol–water partition coefficient (Wildman–Crippen LogP) is 14.5. The molecule has 1 unspecified atom stereocenters. The summed E-state index contributed by atoms with van der Waals surface area (Å²) in [6, 6.07) is 0. The number of rotatable bonds is 40. The van der Waals surface area contributed by atoms with Crippen LogP contribution in [-0.2, 0) is 28.6 Å². The second-order valence-corrected chi connectivity index (χ2v) is 14.9. The van der Waals surface area contributed by atoms with Crippen LogP contribution in [0.5, 0.6) is 0 Å². The zero-order valence-corrected chi connectivity index (χ0v) is 35.9. The van der Waals surface area contributed by atoms with Crippen LogP contribution in [0.1, 0.15) is 213 Å². The Balaban J connectivity index is 3.91. The van der Waals surface area contributed by atoms with E-state index in [1.165, 1.54) is 64.2 Å². The maximum absolute atomic E-state index is 12.4. The quantitative estimate of drug-likeness (QED) is 0.0267. The van der Waals surface area contributed by atoms with Crippen LogP contribution in [0.25, 0.3) is 0 Å². The molecular weight excluding hydrogens is 685 g/mol. The van der Waals surface area contributed by atoms with E-state index in [1.807, 2.05) is 0 Å². The average molecular weight is 769 g/mol. The number of carbonyl (C=O) groups is 3. The van der Waals surface area contributed by atoms with Gasteiger partial charge in [-0.05, 0) is 64.2 Å². The van der Waals surface area contributed by atoms with Gasteiger partial charge in [0.1, 0.15) is 13.2 Å². The number of carbonyl (C=O) groups excluding carboxylic acids is 3. The van der Waals surface area contributed by atoms with E-state index in [2.05, 4.69) is 81.5 Å². The molecule has 0 heterocycles. The Morgan fingerprint density at radius 2 is 0.709 bits per heavy atom. The number of hydrogen-bond acceptors (Lipinski definition) is 6. The Morgan fingerprint density at radius 1 is 0.382 bits per heavy atom. The molecule has 0 N–H and O–H groups in total. The molecule has 0 fully saturated rings. The van der Waals surface area contributed by atoms with Gasteiger partial charge in [0.15, 0.2) is 6.10 Å². The summed E-state index contributed by atoms with van der Waals surface area (Å²) in [6.07, 6.45) is 52.9. The number of esters is 3. The summed E-state index contributed by atoms with van der Waals surface area (Å²) in [5.74, 6) is -0.911. The highest BCUT2D eigenvalue weighted by atomic mass is 16.6. The lowest BCUT2D eigenvalue weighted by molar-refractivity contribution is -0.167. The highest BCUT2D eigenvalue weighted by molar-refractivity contribution is 5.71. The first-order chi connectivity index (χ1) is 27.0. The highest BCUT2D eigenvalue weighted by Gasteiger charge is 2.19. The van der Waals surface area contributed by atoms with Crippen LogP contribution < -0.4 is 0 Å². The lowest BCUT2D eigenvalue weighted by Gasteiger charge is -2.18. The SMILES string of the molecule is CC/C=C\C/C=C\C/C=C\C/C=C\C/C=C\CCCCCCCCCCCCCC(=O)OCC(COC(=O)CCCCCCC)OC(=O)CCCCCCC. The van der Waals surface area contributed by atoms with Gasteiger partial charge >= 0.3 is 17.9 Å². The molecule has 0 bridgehead atoms. The van der Waals surface area contributed by atoms with Crippen LogP contribution in [0, 0.1) is 0 Å². The van der Waals surface area contributed by atoms with Crippen LogP contribution in [0.4, 0.5) is 0 Å². The molecule has 0 aliphatic rings. The monoisotopic (exact) mass is 769 g/mol. The summed E-state index contributed by atoms with van der Waals surface area (Å²) in [7, 11) is 0. The van der Waals surface area contributed by atoms with Gasteiger partial charge in [-0.3, -0.25) is 14.4 Å². The van der Waals surface area contributed by atoms with Gasteiger partial charge in [0.2, 0.25) is 0 Å². The van der Waals surface area contributed by atoms with Crippen LogP contribution in [-0.4, -0.2) is 37.2 Å². The molecule has 0 aliphatic carbocycles. The van der Waals surface area contributed by atoms with Crippen LogP contribution in [0.3, 0.4) is 0 Å². The van der Waals surface area contributed by atoms with E-state index in [1.54, 1.807) is 0 Å². The van der Waals surface area contributed by atoms with Crippen molar-refractivity contribution < 1.29 is 28.6 Å². The summed E-state index contributed by atoms with van der Waals surface area (Å²) in [5.41, 5.74) is 0. The standard InChI is InChI=1S/C49H84O6/c1-4-7-10-13-14-15-16-17-18-19-20-21-22-23-24-25-26-27-28-29-30-31-32-33-34-37-39-42-48(51)54-45-46(55-49(52)43-40-36-12-9-6-3)44-53-47(50)41-38-35-11-8-5-2/h7,10,14-15,17-18,20-21,23-24,46H,4-6,8-9,11-13,16,19,22,25-45H2,1-3H3/b10-7-,15-14-,18-17-,21-20-,24-23-. The minimum absolute atomic E-state index is 0.0756. The van der Waals surface area contributed by atoms with Gasteiger partial charge in [0.05, 0.1) is 0 Å². The molecule has 0 aromatic carbocycles. The third kappa shape index (κ3) is 42.1. The maximum Gasteiger partial charge on any atom is 0.306 e. The molecular formula is C49H84O6. The molecule has 6 nitrogen and oxygen atoms in total. The van der Waals surface area contributed by atoms with Gasteiger partial charge in [-0.25, -0.2) is 0 Å². The largest absolute Gasteiger partial charge is 0.462 e. The normalized spacial score (nSPS) is 12.6. The van der Waals surface area contributed by atoms with Crippen molar-refractivity contribution in [3.63, 3.8) is 0 Å². The molecule has 0 aliphatic heterocycles. The first-order valence-corrected chi connectivity index (χ1v) is 22.8. The van der Waals surface area contributed by atoms with Gasteiger partial charge in [-0.2, -0.15) is 0 Å². The summed E-state index contributed by atoms with van der Waals surface area (Å²) >= 11 is 0. The van der Waals surface area contributed by atoms with E-state index in [0.29, 0.717) is 19.3 Å². The summed E-state index contributed by atoms with van der Waals surface area (Å²) in [6.45, 7) is 6.33. The summed E-state index contributed by atoms with van der Waals surface area (Å²) in [5, 5.41) is 0. The molecule has 0 radical (unpaired) electrons. The molecule has 55 heavy (non-hydrogen) atoms. The Hall–Kier alpha value is -2.89. The highest BCUT2D eigenvalue weighted by Crippen LogP contribution is 2.14. The Kier molecular flexibility index (Phi) is 41.5. The van der Waals surface area contributed by atoms with Gasteiger partial charge in [-0.15, -0.1) is 0 Å². The third-order valence-corrected chi connectivity index (χ3v) is 9.54. The number of ether oxygens (including phenoxy) is 3. The molecule has 316 valence electrons. The van der Waals surface area contributed by atoms with E-state index in [0.717, 1.165) is 109 Å². The smallest absolute Gasteiger partial charge is 0.306 e. The second-order valence-electron chi connectivity index (χ2n) is 14.9. The van der Waals surface area contributed by atoms with E-state index < -0.39 is 6.10 Å². The molecule has 0 spiro atoms. The van der Waals surface area contributed by atoms with Crippen molar-refractivity contribution in [3.8, 4) is 0 Å². The van der Waals surface area contributed by atoms with Crippen molar-refractivity contribution in [1.82, 2.24) is 0 Å². The lowest BCUT2D eigenvalue weighted by Crippen LogP contribution is -2.30. The molecule has 6 heteroatoms. The van der Waals surface area contributed by atoms with Gasteiger partial charge in [0.25, 0.3) is 0 Å². The van der Waals surface area contributed by atoms with Crippen molar-refractivity contribution in [2.45, 2.75) is 219 Å². The third-order valence-electron chi connectivity index (χ3n) is 9.54. The van der Waals surface area contributed by atoms with Crippen molar-refractivity contribution in [2.75, 3.05) is 13.2 Å². The molecule has 1 atom stereocenters. The van der Waals surface area contributed by atoms with E-state index in [9.17, 15) is 14.4 Å².